The minimum atomic E-state index is -3.76. The zero-order valence-corrected chi connectivity index (χ0v) is 12.0. The van der Waals surface area contributed by atoms with Crippen LogP contribution in [0, 0.1) is 6.92 Å². The molecule has 0 atom stereocenters. The fourth-order valence-corrected chi connectivity index (χ4v) is 4.40. The number of rotatable bonds is 5. The van der Waals surface area contributed by atoms with Crippen LogP contribution in [0.15, 0.2) is 10.3 Å². The molecule has 1 aromatic rings. The van der Waals surface area contributed by atoms with Crippen molar-refractivity contribution in [3.63, 3.8) is 0 Å². The third-order valence-electron chi connectivity index (χ3n) is 3.23. The Morgan fingerprint density at radius 3 is 2.58 bits per heavy atom. The van der Waals surface area contributed by atoms with Crippen LogP contribution in [0.4, 0.5) is 0 Å². The van der Waals surface area contributed by atoms with Crippen LogP contribution in [0.2, 0.25) is 0 Å². The van der Waals surface area contributed by atoms with Gasteiger partial charge in [-0.3, -0.25) is 0 Å². The van der Waals surface area contributed by atoms with Crippen LogP contribution in [0.5, 0.6) is 0 Å². The van der Waals surface area contributed by atoms with Crippen molar-refractivity contribution in [1.29, 1.82) is 0 Å². The summed E-state index contributed by atoms with van der Waals surface area (Å²) >= 11 is 0.719. The zero-order chi connectivity index (χ0) is 14.3. The van der Waals surface area contributed by atoms with Gasteiger partial charge in [0.15, 0.2) is 0 Å². The number of carboxylic acid groups (broad SMARTS) is 1. The molecule has 0 spiro atoms. The van der Waals surface area contributed by atoms with Crippen molar-refractivity contribution in [3.8, 4) is 0 Å². The summed E-state index contributed by atoms with van der Waals surface area (Å²) in [7, 11) is -3.76. The summed E-state index contributed by atoms with van der Waals surface area (Å²) in [5, 5.41) is 18.8. The van der Waals surface area contributed by atoms with E-state index in [1.165, 1.54) is 6.07 Å². The quantitative estimate of drug-likeness (QED) is 0.751. The van der Waals surface area contributed by atoms with E-state index in [0.717, 1.165) is 17.8 Å². The lowest BCUT2D eigenvalue weighted by Crippen LogP contribution is -2.47. The molecular weight excluding hydrogens is 290 g/mol. The standard InChI is InChI=1S/C11H15NO5S2/c1-7-5-8(18-9(7)10(13)14)19(16,17)12-6-11(15)3-2-4-11/h5,12,15H,2-4,6H2,1H3,(H,13,14). The van der Waals surface area contributed by atoms with Gasteiger partial charge in [0.25, 0.3) is 0 Å². The van der Waals surface area contributed by atoms with E-state index < -0.39 is 21.6 Å². The van der Waals surface area contributed by atoms with Crippen LogP contribution in [-0.4, -0.2) is 36.7 Å². The molecule has 3 N–H and O–H groups in total. The number of aliphatic hydroxyl groups is 1. The highest BCUT2D eigenvalue weighted by molar-refractivity contribution is 7.91. The second-order valence-electron chi connectivity index (χ2n) is 4.79. The number of aromatic carboxylic acids is 1. The van der Waals surface area contributed by atoms with E-state index in [9.17, 15) is 18.3 Å². The molecule has 6 nitrogen and oxygen atoms in total. The average molecular weight is 305 g/mol. The molecule has 106 valence electrons. The van der Waals surface area contributed by atoms with Gasteiger partial charge in [-0.05, 0) is 37.8 Å². The Kier molecular flexibility index (Phi) is 3.69. The fourth-order valence-electron chi connectivity index (χ4n) is 1.86. The van der Waals surface area contributed by atoms with Crippen LogP contribution in [0.3, 0.4) is 0 Å². The number of aryl methyl sites for hydroxylation is 1. The average Bonchev–Trinajstić information content (AvgIpc) is 2.67. The summed E-state index contributed by atoms with van der Waals surface area (Å²) in [6.45, 7) is 1.52. The molecule has 8 heteroatoms. The monoisotopic (exact) mass is 305 g/mol. The van der Waals surface area contributed by atoms with Crippen molar-refractivity contribution in [2.24, 2.45) is 0 Å². The van der Waals surface area contributed by atoms with E-state index in [4.69, 9.17) is 5.11 Å². The molecule has 2 rings (SSSR count). The lowest BCUT2D eigenvalue weighted by molar-refractivity contribution is -0.0270. The fraction of sp³-hybridized carbons (Fsp3) is 0.545. The predicted molar refractivity (Wildman–Crippen MR) is 70.0 cm³/mol. The van der Waals surface area contributed by atoms with Crippen molar-refractivity contribution in [3.05, 3.63) is 16.5 Å². The molecular formula is C11H15NO5S2. The maximum atomic E-state index is 12.0. The van der Waals surface area contributed by atoms with E-state index in [-0.39, 0.29) is 15.6 Å². The van der Waals surface area contributed by atoms with Crippen LogP contribution < -0.4 is 4.72 Å². The third-order valence-corrected chi connectivity index (χ3v) is 6.33. The van der Waals surface area contributed by atoms with Crippen molar-refractivity contribution in [1.82, 2.24) is 4.72 Å². The summed E-state index contributed by atoms with van der Waals surface area (Å²) in [5.74, 6) is -1.14. The molecule has 0 unspecified atom stereocenters. The van der Waals surface area contributed by atoms with E-state index in [1.54, 1.807) is 6.92 Å². The topological polar surface area (TPSA) is 104 Å². The molecule has 1 fully saturated rings. The second kappa shape index (κ2) is 4.86. The van der Waals surface area contributed by atoms with Gasteiger partial charge in [0, 0.05) is 6.54 Å². The summed E-state index contributed by atoms with van der Waals surface area (Å²) in [5.41, 5.74) is -0.533. The van der Waals surface area contributed by atoms with Gasteiger partial charge in [-0.25, -0.2) is 17.9 Å². The Hall–Kier alpha value is -0.960. The van der Waals surface area contributed by atoms with Gasteiger partial charge in [0.05, 0.1) is 5.60 Å². The van der Waals surface area contributed by atoms with E-state index in [2.05, 4.69) is 4.72 Å². The smallest absolute Gasteiger partial charge is 0.346 e. The molecule has 0 saturated heterocycles. The largest absolute Gasteiger partial charge is 0.477 e. The minimum Gasteiger partial charge on any atom is -0.477 e. The lowest BCUT2D eigenvalue weighted by Gasteiger charge is -2.36. The normalized spacial score (nSPS) is 18.0. The number of carboxylic acids is 1. The van der Waals surface area contributed by atoms with Gasteiger partial charge in [0.2, 0.25) is 10.0 Å². The van der Waals surface area contributed by atoms with Crippen LogP contribution in [0.25, 0.3) is 0 Å². The van der Waals surface area contributed by atoms with E-state index >= 15 is 0 Å². The molecule has 19 heavy (non-hydrogen) atoms. The Labute approximate surface area is 115 Å². The molecule has 1 saturated carbocycles. The van der Waals surface area contributed by atoms with Gasteiger partial charge in [-0.15, -0.1) is 11.3 Å². The van der Waals surface area contributed by atoms with Gasteiger partial charge in [-0.2, -0.15) is 0 Å². The molecule has 0 radical (unpaired) electrons. The molecule has 0 aromatic carbocycles. The van der Waals surface area contributed by atoms with Gasteiger partial charge in [-0.1, -0.05) is 0 Å². The number of carbonyl (C=O) groups is 1. The summed E-state index contributed by atoms with van der Waals surface area (Å²) in [6, 6.07) is 1.33. The number of sulfonamides is 1. The minimum absolute atomic E-state index is 0.0164. The molecule has 1 aliphatic rings. The first-order valence-corrected chi connectivity index (χ1v) is 8.09. The van der Waals surface area contributed by atoms with Crippen molar-refractivity contribution in [2.45, 2.75) is 36.0 Å². The maximum Gasteiger partial charge on any atom is 0.346 e. The summed E-state index contributed by atoms with van der Waals surface area (Å²) < 4.78 is 26.3. The number of hydrogen-bond acceptors (Lipinski definition) is 5. The number of thiophene rings is 1. The van der Waals surface area contributed by atoms with Crippen LogP contribution in [-0.2, 0) is 10.0 Å². The molecule has 0 aliphatic heterocycles. The summed E-state index contributed by atoms with van der Waals surface area (Å²) in [4.78, 5) is 10.9. The molecule has 0 amide bonds. The summed E-state index contributed by atoms with van der Waals surface area (Å²) in [6.07, 6.45) is 2.05. The lowest BCUT2D eigenvalue weighted by atomic mass is 9.81. The van der Waals surface area contributed by atoms with Crippen LogP contribution in [0.1, 0.15) is 34.5 Å². The first kappa shape index (κ1) is 14.4. The zero-order valence-electron chi connectivity index (χ0n) is 10.3. The molecule has 1 aliphatic carbocycles. The van der Waals surface area contributed by atoms with E-state index in [1.807, 2.05) is 0 Å². The first-order chi connectivity index (χ1) is 8.73. The van der Waals surface area contributed by atoms with Crippen molar-refractivity contribution < 1.29 is 23.4 Å². The number of hydrogen-bond donors (Lipinski definition) is 3. The molecule has 0 bridgehead atoms. The SMILES string of the molecule is Cc1cc(S(=O)(=O)NCC2(O)CCC2)sc1C(=O)O. The highest BCUT2D eigenvalue weighted by Crippen LogP contribution is 2.31. The van der Waals surface area contributed by atoms with Crippen molar-refractivity contribution >= 4 is 27.3 Å². The molecule has 1 heterocycles. The van der Waals surface area contributed by atoms with E-state index in [0.29, 0.717) is 18.4 Å². The Balaban J connectivity index is 2.15. The van der Waals surface area contributed by atoms with Crippen molar-refractivity contribution in [2.75, 3.05) is 6.54 Å². The highest BCUT2D eigenvalue weighted by Gasteiger charge is 2.35. The first-order valence-electron chi connectivity index (χ1n) is 5.79. The van der Waals surface area contributed by atoms with Gasteiger partial charge >= 0.3 is 5.97 Å². The Bertz CT molecular complexity index is 601. The van der Waals surface area contributed by atoms with Crippen LogP contribution >= 0.6 is 11.3 Å². The van der Waals surface area contributed by atoms with Gasteiger partial charge < -0.3 is 10.2 Å². The Morgan fingerprint density at radius 2 is 2.16 bits per heavy atom. The molecule has 1 aromatic heterocycles. The highest BCUT2D eigenvalue weighted by atomic mass is 32.2. The second-order valence-corrected chi connectivity index (χ2v) is 7.83. The number of nitrogens with one attached hydrogen (secondary N) is 1. The Morgan fingerprint density at radius 1 is 1.53 bits per heavy atom. The third kappa shape index (κ3) is 2.97. The predicted octanol–water partition coefficient (Wildman–Crippen LogP) is 0.948. The maximum absolute atomic E-state index is 12.0. The van der Waals surface area contributed by atoms with Gasteiger partial charge in [0.1, 0.15) is 9.09 Å².